The molecule has 1 aromatic rings. The van der Waals surface area contributed by atoms with Crippen LogP contribution in [0.25, 0.3) is 5.57 Å². The van der Waals surface area contributed by atoms with Gasteiger partial charge in [-0.05, 0) is 37.0 Å². The van der Waals surface area contributed by atoms with E-state index in [0.717, 1.165) is 6.42 Å². The van der Waals surface area contributed by atoms with Crippen molar-refractivity contribution >= 4 is 5.57 Å². The molecule has 0 aliphatic heterocycles. The topological polar surface area (TPSA) is 0 Å². The van der Waals surface area contributed by atoms with E-state index in [1.807, 2.05) is 0 Å². The van der Waals surface area contributed by atoms with Crippen LogP contribution in [0.5, 0.6) is 0 Å². The smallest absolute Gasteiger partial charge is 0.00914 e. The van der Waals surface area contributed by atoms with E-state index in [2.05, 4.69) is 62.4 Å². The third kappa shape index (κ3) is 2.10. The van der Waals surface area contributed by atoms with Crippen molar-refractivity contribution in [1.29, 1.82) is 0 Å². The zero-order valence-corrected chi connectivity index (χ0v) is 9.33. The maximum Gasteiger partial charge on any atom is -0.00914 e. The molecule has 2 rings (SSSR count). The SMILES string of the molecule is C/C=C1\CC=CC=C1c1ccc(C)cc1. The average Bonchev–Trinajstić information content (AvgIpc) is 2.30. The molecule has 0 saturated heterocycles. The van der Waals surface area contributed by atoms with Gasteiger partial charge in [0.2, 0.25) is 0 Å². The van der Waals surface area contributed by atoms with E-state index in [1.165, 1.54) is 22.3 Å². The minimum absolute atomic E-state index is 1.05. The molecule has 1 aromatic carbocycles. The highest BCUT2D eigenvalue weighted by Crippen LogP contribution is 2.28. The second kappa shape index (κ2) is 4.31. The Kier molecular flexibility index (Phi) is 2.86. The molecule has 0 radical (unpaired) electrons. The highest BCUT2D eigenvalue weighted by Gasteiger charge is 2.07. The lowest BCUT2D eigenvalue weighted by molar-refractivity contribution is 1.25. The Bertz CT molecular complexity index is 428. The predicted molar refractivity (Wildman–Crippen MR) is 66.7 cm³/mol. The highest BCUT2D eigenvalue weighted by atomic mass is 14.1. The molecule has 0 atom stereocenters. The lowest BCUT2D eigenvalue weighted by atomic mass is 9.91. The zero-order chi connectivity index (χ0) is 10.7. The largest absolute Gasteiger partial charge is 0.0835 e. The van der Waals surface area contributed by atoms with Crippen LogP contribution in [0.4, 0.5) is 0 Å². The van der Waals surface area contributed by atoms with Crippen molar-refractivity contribution in [3.8, 4) is 0 Å². The van der Waals surface area contributed by atoms with Crippen molar-refractivity contribution in [2.24, 2.45) is 0 Å². The van der Waals surface area contributed by atoms with E-state index in [0.29, 0.717) is 0 Å². The number of hydrogen-bond acceptors (Lipinski definition) is 0. The fraction of sp³-hybridized carbons (Fsp3) is 0.200. The molecule has 15 heavy (non-hydrogen) atoms. The van der Waals surface area contributed by atoms with E-state index in [-0.39, 0.29) is 0 Å². The van der Waals surface area contributed by atoms with E-state index < -0.39 is 0 Å². The van der Waals surface area contributed by atoms with Crippen LogP contribution in [-0.4, -0.2) is 0 Å². The average molecular weight is 196 g/mol. The molecule has 0 heteroatoms. The van der Waals surface area contributed by atoms with Gasteiger partial charge in [-0.1, -0.05) is 54.1 Å². The number of rotatable bonds is 1. The van der Waals surface area contributed by atoms with Crippen LogP contribution in [0.2, 0.25) is 0 Å². The summed E-state index contributed by atoms with van der Waals surface area (Å²) >= 11 is 0. The number of aryl methyl sites for hydroxylation is 1. The number of benzene rings is 1. The monoisotopic (exact) mass is 196 g/mol. The van der Waals surface area contributed by atoms with Gasteiger partial charge in [-0.2, -0.15) is 0 Å². The first-order valence-corrected chi connectivity index (χ1v) is 5.40. The third-order valence-electron chi connectivity index (χ3n) is 2.79. The fourth-order valence-electron chi connectivity index (χ4n) is 1.86. The Balaban J connectivity index is 2.41. The van der Waals surface area contributed by atoms with Crippen LogP contribution in [0.3, 0.4) is 0 Å². The van der Waals surface area contributed by atoms with Gasteiger partial charge in [-0.3, -0.25) is 0 Å². The van der Waals surface area contributed by atoms with Crippen LogP contribution < -0.4 is 0 Å². The maximum absolute atomic E-state index is 2.20. The van der Waals surface area contributed by atoms with Gasteiger partial charge >= 0.3 is 0 Å². The lowest BCUT2D eigenvalue weighted by Gasteiger charge is -2.13. The Morgan fingerprint density at radius 2 is 1.87 bits per heavy atom. The van der Waals surface area contributed by atoms with Crippen LogP contribution in [0.15, 0.2) is 54.1 Å². The molecule has 0 fully saturated rings. The summed E-state index contributed by atoms with van der Waals surface area (Å²) in [5, 5.41) is 0. The van der Waals surface area contributed by atoms with Gasteiger partial charge in [0.25, 0.3) is 0 Å². The van der Waals surface area contributed by atoms with Gasteiger partial charge in [0, 0.05) is 0 Å². The Labute approximate surface area is 91.6 Å². The number of allylic oxidation sites excluding steroid dienone is 6. The quantitative estimate of drug-likeness (QED) is 0.628. The first-order valence-electron chi connectivity index (χ1n) is 5.40. The van der Waals surface area contributed by atoms with Gasteiger partial charge in [0.05, 0.1) is 0 Å². The Hall–Kier alpha value is -1.56. The van der Waals surface area contributed by atoms with Crippen LogP contribution in [0.1, 0.15) is 24.5 Å². The zero-order valence-electron chi connectivity index (χ0n) is 9.33. The van der Waals surface area contributed by atoms with Crippen molar-refractivity contribution in [2.75, 3.05) is 0 Å². The summed E-state index contributed by atoms with van der Waals surface area (Å²) in [6.45, 7) is 4.23. The lowest BCUT2D eigenvalue weighted by Crippen LogP contribution is -1.92. The molecule has 0 N–H and O–H groups in total. The highest BCUT2D eigenvalue weighted by molar-refractivity contribution is 5.81. The molecule has 0 saturated carbocycles. The van der Waals surface area contributed by atoms with E-state index in [1.54, 1.807) is 0 Å². The molecule has 0 nitrogen and oxygen atoms in total. The maximum atomic E-state index is 2.20. The molecule has 0 unspecified atom stereocenters. The van der Waals surface area contributed by atoms with Crippen LogP contribution in [0, 0.1) is 6.92 Å². The van der Waals surface area contributed by atoms with Crippen LogP contribution in [-0.2, 0) is 0 Å². The molecule has 0 bridgehead atoms. The van der Waals surface area contributed by atoms with Crippen molar-refractivity contribution < 1.29 is 0 Å². The standard InChI is InChI=1S/C15H16/c1-3-13-6-4-5-7-15(13)14-10-8-12(2)9-11-14/h3-5,7-11H,6H2,1-2H3/b13-3+. The second-order valence-corrected chi connectivity index (χ2v) is 3.89. The molecule has 1 aliphatic rings. The van der Waals surface area contributed by atoms with Crippen molar-refractivity contribution in [3.05, 3.63) is 65.3 Å². The van der Waals surface area contributed by atoms with Gasteiger partial charge in [-0.25, -0.2) is 0 Å². The van der Waals surface area contributed by atoms with Gasteiger partial charge in [-0.15, -0.1) is 0 Å². The molecule has 0 heterocycles. The molecular weight excluding hydrogens is 180 g/mol. The summed E-state index contributed by atoms with van der Waals surface area (Å²) in [5.74, 6) is 0. The number of hydrogen-bond donors (Lipinski definition) is 0. The van der Waals surface area contributed by atoms with E-state index >= 15 is 0 Å². The molecule has 1 aliphatic carbocycles. The summed E-state index contributed by atoms with van der Waals surface area (Å²) in [6, 6.07) is 8.73. The van der Waals surface area contributed by atoms with Crippen LogP contribution >= 0.6 is 0 Å². The summed E-state index contributed by atoms with van der Waals surface area (Å²) in [5.41, 5.74) is 5.41. The van der Waals surface area contributed by atoms with Gasteiger partial charge in [0.15, 0.2) is 0 Å². The first-order chi connectivity index (χ1) is 7.31. The summed E-state index contributed by atoms with van der Waals surface area (Å²) in [4.78, 5) is 0. The molecule has 0 aromatic heterocycles. The Morgan fingerprint density at radius 3 is 2.53 bits per heavy atom. The minimum Gasteiger partial charge on any atom is -0.0835 e. The minimum atomic E-state index is 1.05. The predicted octanol–water partition coefficient (Wildman–Crippen LogP) is 4.28. The van der Waals surface area contributed by atoms with E-state index in [9.17, 15) is 0 Å². The normalized spacial score (nSPS) is 18.0. The molecule has 0 spiro atoms. The van der Waals surface area contributed by atoms with Crippen molar-refractivity contribution in [2.45, 2.75) is 20.3 Å². The summed E-state index contributed by atoms with van der Waals surface area (Å²) in [7, 11) is 0. The fourth-order valence-corrected chi connectivity index (χ4v) is 1.86. The van der Waals surface area contributed by atoms with Crippen molar-refractivity contribution in [3.63, 3.8) is 0 Å². The third-order valence-corrected chi connectivity index (χ3v) is 2.79. The van der Waals surface area contributed by atoms with Crippen molar-refractivity contribution in [1.82, 2.24) is 0 Å². The van der Waals surface area contributed by atoms with Gasteiger partial charge in [0.1, 0.15) is 0 Å². The van der Waals surface area contributed by atoms with Gasteiger partial charge < -0.3 is 0 Å². The Morgan fingerprint density at radius 1 is 1.13 bits per heavy atom. The summed E-state index contributed by atoms with van der Waals surface area (Å²) in [6.07, 6.45) is 9.80. The molecule has 76 valence electrons. The molecule has 0 amide bonds. The second-order valence-electron chi connectivity index (χ2n) is 3.89. The first kappa shape index (κ1) is 9.97. The molecular formula is C15H16. The summed E-state index contributed by atoms with van der Waals surface area (Å²) < 4.78 is 0. The van der Waals surface area contributed by atoms with E-state index in [4.69, 9.17) is 0 Å².